The number of ketones is 1. The van der Waals surface area contributed by atoms with Gasteiger partial charge < -0.3 is 10.0 Å². The number of amides is 1. The largest absolute Gasteiger partial charge is 0.507 e. The summed E-state index contributed by atoms with van der Waals surface area (Å²) in [6.45, 7) is 1.94. The number of hydrogen-bond acceptors (Lipinski definition) is 4. The zero-order valence-electron chi connectivity index (χ0n) is 16.5. The zero-order chi connectivity index (χ0) is 22.1. The molecule has 1 aliphatic heterocycles. The van der Waals surface area contributed by atoms with Crippen molar-refractivity contribution in [2.75, 3.05) is 0 Å². The summed E-state index contributed by atoms with van der Waals surface area (Å²) < 4.78 is 14.2. The van der Waals surface area contributed by atoms with Crippen molar-refractivity contribution >= 4 is 33.4 Å². The van der Waals surface area contributed by atoms with Crippen LogP contribution in [-0.2, 0) is 16.1 Å². The number of benzene rings is 2. The fraction of sp³-hybridized carbons (Fsp3) is 0.125. The van der Waals surface area contributed by atoms with Gasteiger partial charge in [-0.3, -0.25) is 14.6 Å². The van der Waals surface area contributed by atoms with E-state index in [-0.39, 0.29) is 17.9 Å². The maximum Gasteiger partial charge on any atom is 0.296 e. The fourth-order valence-corrected chi connectivity index (χ4v) is 3.87. The van der Waals surface area contributed by atoms with Crippen LogP contribution < -0.4 is 0 Å². The zero-order valence-corrected chi connectivity index (χ0v) is 18.1. The van der Waals surface area contributed by atoms with Gasteiger partial charge in [0.15, 0.2) is 0 Å². The van der Waals surface area contributed by atoms with Gasteiger partial charge in [-0.1, -0.05) is 40.2 Å². The van der Waals surface area contributed by atoms with Crippen LogP contribution >= 0.6 is 15.9 Å². The Balaban J connectivity index is 1.85. The van der Waals surface area contributed by atoms with Crippen molar-refractivity contribution in [2.45, 2.75) is 19.5 Å². The maximum atomic E-state index is 13.3. The standard InChI is InChI=1S/C24H18BrFN2O3/c1-14-12-16(7-10-18(14)25)22(29)20-21(19-4-2-3-11-27-19)28(24(31)23(20)30)13-15-5-8-17(26)9-6-15/h2-12,21,29H,13H2,1H3/b22-20-. The lowest BCUT2D eigenvalue weighted by molar-refractivity contribution is -0.140. The number of aliphatic hydroxyl groups excluding tert-OH is 1. The minimum atomic E-state index is -0.866. The number of pyridine rings is 1. The van der Waals surface area contributed by atoms with Crippen molar-refractivity contribution in [1.82, 2.24) is 9.88 Å². The second kappa shape index (κ2) is 8.43. The van der Waals surface area contributed by atoms with Crippen LogP contribution in [0.3, 0.4) is 0 Å². The van der Waals surface area contributed by atoms with Gasteiger partial charge >= 0.3 is 0 Å². The van der Waals surface area contributed by atoms with Crippen LogP contribution in [0.25, 0.3) is 5.76 Å². The summed E-state index contributed by atoms with van der Waals surface area (Å²) in [5.41, 5.74) is 2.40. The van der Waals surface area contributed by atoms with Crippen molar-refractivity contribution in [3.05, 3.63) is 105 Å². The molecule has 1 aromatic heterocycles. The molecular formula is C24H18BrFN2O3. The fourth-order valence-electron chi connectivity index (χ4n) is 3.62. The van der Waals surface area contributed by atoms with Crippen LogP contribution in [0.4, 0.5) is 4.39 Å². The Morgan fingerprint density at radius 1 is 1.13 bits per heavy atom. The molecule has 1 amide bonds. The van der Waals surface area contributed by atoms with Crippen LogP contribution in [0.5, 0.6) is 0 Å². The van der Waals surface area contributed by atoms with E-state index in [0.717, 1.165) is 10.0 Å². The number of hydrogen-bond donors (Lipinski definition) is 1. The molecule has 1 aliphatic rings. The molecule has 0 spiro atoms. The van der Waals surface area contributed by atoms with E-state index in [9.17, 15) is 19.1 Å². The van der Waals surface area contributed by atoms with Gasteiger partial charge in [0.2, 0.25) is 0 Å². The Morgan fingerprint density at radius 2 is 1.87 bits per heavy atom. The third-order valence-corrected chi connectivity index (χ3v) is 6.10. The van der Waals surface area contributed by atoms with Crippen LogP contribution in [0.2, 0.25) is 0 Å². The molecule has 0 bridgehead atoms. The molecule has 1 atom stereocenters. The molecule has 2 heterocycles. The average molecular weight is 481 g/mol. The minimum absolute atomic E-state index is 0.0208. The minimum Gasteiger partial charge on any atom is -0.507 e. The summed E-state index contributed by atoms with van der Waals surface area (Å²) in [4.78, 5) is 31.6. The van der Waals surface area contributed by atoms with Crippen molar-refractivity contribution in [3.8, 4) is 0 Å². The Hall–Kier alpha value is -3.32. The number of aryl methyl sites for hydroxylation is 1. The number of carbonyl (C=O) groups is 2. The van der Waals surface area contributed by atoms with Gasteiger partial charge in [-0.2, -0.15) is 0 Å². The van der Waals surface area contributed by atoms with Gasteiger partial charge in [0.25, 0.3) is 11.7 Å². The SMILES string of the molecule is Cc1cc(/C(O)=C2/C(=O)C(=O)N(Cc3ccc(F)cc3)C2c2ccccn2)ccc1Br. The van der Waals surface area contributed by atoms with Crippen LogP contribution in [-0.4, -0.2) is 26.7 Å². The molecule has 31 heavy (non-hydrogen) atoms. The second-order valence-electron chi connectivity index (χ2n) is 7.27. The van der Waals surface area contributed by atoms with E-state index >= 15 is 0 Å². The first kappa shape index (κ1) is 20.9. The quantitative estimate of drug-likeness (QED) is 0.327. The Morgan fingerprint density at radius 3 is 2.52 bits per heavy atom. The summed E-state index contributed by atoms with van der Waals surface area (Å²) in [5, 5.41) is 11.1. The first-order valence-corrected chi connectivity index (χ1v) is 10.4. The lowest BCUT2D eigenvalue weighted by atomic mass is 9.97. The molecule has 1 unspecified atom stereocenters. The summed E-state index contributed by atoms with van der Waals surface area (Å²) >= 11 is 3.42. The van der Waals surface area contributed by atoms with E-state index in [0.29, 0.717) is 16.8 Å². The van der Waals surface area contributed by atoms with Crippen molar-refractivity contribution < 1.29 is 19.1 Å². The highest BCUT2D eigenvalue weighted by molar-refractivity contribution is 9.10. The molecule has 0 aliphatic carbocycles. The summed E-state index contributed by atoms with van der Waals surface area (Å²) in [6.07, 6.45) is 1.57. The van der Waals surface area contributed by atoms with Crippen LogP contribution in [0.15, 0.2) is 76.9 Å². The van der Waals surface area contributed by atoms with E-state index in [1.807, 2.05) is 6.92 Å². The highest BCUT2D eigenvalue weighted by Crippen LogP contribution is 2.39. The number of carbonyl (C=O) groups excluding carboxylic acids is 2. The number of halogens is 2. The summed E-state index contributed by atoms with van der Waals surface area (Å²) in [5.74, 6) is -2.17. The molecule has 7 heteroatoms. The number of aliphatic hydroxyl groups is 1. The molecule has 0 saturated carbocycles. The smallest absolute Gasteiger partial charge is 0.296 e. The Bertz CT molecular complexity index is 1190. The predicted octanol–water partition coefficient (Wildman–Crippen LogP) is 4.91. The molecule has 156 valence electrons. The molecular weight excluding hydrogens is 463 g/mol. The number of aromatic nitrogens is 1. The van der Waals surface area contributed by atoms with E-state index in [1.165, 1.54) is 17.0 Å². The lowest BCUT2D eigenvalue weighted by Gasteiger charge is -2.24. The molecule has 4 rings (SSSR count). The Kier molecular flexibility index (Phi) is 5.69. The predicted molar refractivity (Wildman–Crippen MR) is 117 cm³/mol. The summed E-state index contributed by atoms with van der Waals surface area (Å²) in [6, 6.07) is 15.2. The highest BCUT2D eigenvalue weighted by atomic mass is 79.9. The first-order chi connectivity index (χ1) is 14.9. The topological polar surface area (TPSA) is 70.5 Å². The molecule has 1 saturated heterocycles. The number of rotatable bonds is 4. The highest BCUT2D eigenvalue weighted by Gasteiger charge is 2.46. The van der Waals surface area contributed by atoms with Crippen LogP contribution in [0.1, 0.15) is 28.4 Å². The van der Waals surface area contributed by atoms with Gasteiger partial charge in [0.05, 0.1) is 11.3 Å². The number of likely N-dealkylation sites (tertiary alicyclic amines) is 1. The molecule has 0 radical (unpaired) electrons. The van der Waals surface area contributed by atoms with Gasteiger partial charge in [-0.15, -0.1) is 0 Å². The normalized spacial score (nSPS) is 17.9. The Labute approximate surface area is 187 Å². The maximum absolute atomic E-state index is 13.3. The van der Waals surface area contributed by atoms with E-state index in [1.54, 1.807) is 54.7 Å². The third kappa shape index (κ3) is 4.01. The average Bonchev–Trinajstić information content (AvgIpc) is 3.02. The molecule has 1 N–H and O–H groups in total. The number of Topliss-reactive ketones (excluding diaryl/α,β-unsaturated/α-hetero) is 1. The molecule has 5 nitrogen and oxygen atoms in total. The van der Waals surface area contributed by atoms with Gasteiger partial charge in [-0.05, 0) is 54.4 Å². The van der Waals surface area contributed by atoms with Crippen molar-refractivity contribution in [2.24, 2.45) is 0 Å². The monoisotopic (exact) mass is 480 g/mol. The van der Waals surface area contributed by atoms with Crippen molar-refractivity contribution in [1.29, 1.82) is 0 Å². The van der Waals surface area contributed by atoms with E-state index in [4.69, 9.17) is 0 Å². The lowest BCUT2D eigenvalue weighted by Crippen LogP contribution is -2.29. The van der Waals surface area contributed by atoms with Gasteiger partial charge in [0, 0.05) is 22.8 Å². The number of nitrogens with zero attached hydrogens (tertiary/aromatic N) is 2. The third-order valence-electron chi connectivity index (χ3n) is 5.21. The van der Waals surface area contributed by atoms with Gasteiger partial charge in [-0.25, -0.2) is 4.39 Å². The summed E-state index contributed by atoms with van der Waals surface area (Å²) in [7, 11) is 0. The van der Waals surface area contributed by atoms with E-state index in [2.05, 4.69) is 20.9 Å². The van der Waals surface area contributed by atoms with Gasteiger partial charge in [0.1, 0.15) is 17.6 Å². The molecule has 3 aromatic rings. The van der Waals surface area contributed by atoms with Crippen LogP contribution in [0, 0.1) is 12.7 Å². The van der Waals surface area contributed by atoms with Crippen molar-refractivity contribution in [3.63, 3.8) is 0 Å². The molecule has 2 aromatic carbocycles. The second-order valence-corrected chi connectivity index (χ2v) is 8.13. The van der Waals surface area contributed by atoms with E-state index < -0.39 is 23.5 Å². The molecule has 1 fully saturated rings. The first-order valence-electron chi connectivity index (χ1n) is 9.57.